The number of rotatable bonds is 3. The van der Waals surface area contributed by atoms with Crippen molar-refractivity contribution < 1.29 is 9.53 Å². The lowest BCUT2D eigenvalue weighted by Gasteiger charge is -2.19. The predicted molar refractivity (Wildman–Crippen MR) is 74.1 cm³/mol. The monoisotopic (exact) mass is 270 g/mol. The summed E-state index contributed by atoms with van der Waals surface area (Å²) in [5.74, 6) is 0. The van der Waals surface area contributed by atoms with Gasteiger partial charge >= 0.3 is 6.09 Å². The standard InChI is InChI=1S/C13H19ClN2O2/c1-13(2,3)18-12(17)16-10-5-4-9(6-7-15)11(14)8-10/h4-5,8H,6-7,15H2,1-3H3,(H,16,17). The normalized spacial score (nSPS) is 11.2. The smallest absolute Gasteiger partial charge is 0.412 e. The molecule has 0 aliphatic carbocycles. The number of hydrogen-bond donors (Lipinski definition) is 2. The molecule has 0 heterocycles. The van der Waals surface area contributed by atoms with Gasteiger partial charge in [-0.1, -0.05) is 17.7 Å². The van der Waals surface area contributed by atoms with Crippen molar-refractivity contribution in [1.29, 1.82) is 0 Å². The highest BCUT2D eigenvalue weighted by Gasteiger charge is 2.16. The SMILES string of the molecule is CC(C)(C)OC(=O)Nc1ccc(CCN)c(Cl)c1. The van der Waals surface area contributed by atoms with Crippen LogP contribution in [-0.4, -0.2) is 18.2 Å². The van der Waals surface area contributed by atoms with Gasteiger partial charge in [0.2, 0.25) is 0 Å². The van der Waals surface area contributed by atoms with Crippen LogP contribution < -0.4 is 11.1 Å². The maximum Gasteiger partial charge on any atom is 0.412 e. The van der Waals surface area contributed by atoms with E-state index in [0.717, 1.165) is 5.56 Å². The van der Waals surface area contributed by atoms with Gasteiger partial charge in [-0.25, -0.2) is 4.79 Å². The molecule has 1 amide bonds. The van der Waals surface area contributed by atoms with Crippen molar-refractivity contribution in [2.75, 3.05) is 11.9 Å². The second kappa shape index (κ2) is 6.07. The molecule has 0 spiro atoms. The van der Waals surface area contributed by atoms with E-state index in [9.17, 15) is 4.79 Å². The van der Waals surface area contributed by atoms with Crippen molar-refractivity contribution in [2.24, 2.45) is 5.73 Å². The van der Waals surface area contributed by atoms with Gasteiger partial charge in [0.1, 0.15) is 5.60 Å². The van der Waals surface area contributed by atoms with Gasteiger partial charge in [0.05, 0.1) is 0 Å². The second-order valence-corrected chi connectivity index (χ2v) is 5.38. The Labute approximate surface area is 112 Å². The van der Waals surface area contributed by atoms with Crippen LogP contribution in [0.4, 0.5) is 10.5 Å². The summed E-state index contributed by atoms with van der Waals surface area (Å²) in [5, 5.41) is 3.22. The summed E-state index contributed by atoms with van der Waals surface area (Å²) in [4.78, 5) is 11.6. The van der Waals surface area contributed by atoms with Gasteiger partial charge in [-0.2, -0.15) is 0 Å². The average Bonchev–Trinajstić information content (AvgIpc) is 2.19. The van der Waals surface area contributed by atoms with Crippen LogP contribution >= 0.6 is 11.6 Å². The van der Waals surface area contributed by atoms with Crippen molar-refractivity contribution in [2.45, 2.75) is 32.8 Å². The number of halogens is 1. The molecule has 0 saturated carbocycles. The van der Waals surface area contributed by atoms with Gasteiger partial charge in [0.25, 0.3) is 0 Å². The van der Waals surface area contributed by atoms with E-state index < -0.39 is 11.7 Å². The van der Waals surface area contributed by atoms with Gasteiger partial charge in [0, 0.05) is 10.7 Å². The molecule has 0 bridgehead atoms. The minimum absolute atomic E-state index is 0.495. The Morgan fingerprint density at radius 3 is 2.61 bits per heavy atom. The molecule has 0 aliphatic rings. The van der Waals surface area contributed by atoms with Crippen LogP contribution in [0.3, 0.4) is 0 Å². The first kappa shape index (κ1) is 14.8. The highest BCUT2D eigenvalue weighted by Crippen LogP contribution is 2.21. The molecule has 0 fully saturated rings. The summed E-state index contributed by atoms with van der Waals surface area (Å²) in [5.41, 5.74) is 6.52. The molecule has 0 saturated heterocycles. The van der Waals surface area contributed by atoms with E-state index in [1.807, 2.05) is 26.8 Å². The van der Waals surface area contributed by atoms with E-state index in [2.05, 4.69) is 5.32 Å². The molecule has 0 unspecified atom stereocenters. The van der Waals surface area contributed by atoms with Gasteiger partial charge in [-0.3, -0.25) is 5.32 Å². The van der Waals surface area contributed by atoms with Crippen molar-refractivity contribution in [3.63, 3.8) is 0 Å². The first-order valence-electron chi connectivity index (χ1n) is 5.80. The van der Waals surface area contributed by atoms with Crippen molar-refractivity contribution in [3.05, 3.63) is 28.8 Å². The number of hydrogen-bond acceptors (Lipinski definition) is 3. The Morgan fingerprint density at radius 1 is 1.44 bits per heavy atom. The van der Waals surface area contributed by atoms with Gasteiger partial charge in [0.15, 0.2) is 0 Å². The predicted octanol–water partition coefficient (Wildman–Crippen LogP) is 3.19. The van der Waals surface area contributed by atoms with Crippen molar-refractivity contribution >= 4 is 23.4 Å². The molecule has 4 nitrogen and oxygen atoms in total. The number of amides is 1. The third-order valence-electron chi connectivity index (χ3n) is 2.11. The molecule has 3 N–H and O–H groups in total. The molecule has 0 aliphatic heterocycles. The molecule has 0 radical (unpaired) electrons. The van der Waals surface area contributed by atoms with Crippen LogP contribution in [0.5, 0.6) is 0 Å². The number of anilines is 1. The lowest BCUT2D eigenvalue weighted by Crippen LogP contribution is -2.27. The third-order valence-corrected chi connectivity index (χ3v) is 2.46. The molecule has 0 aromatic heterocycles. The summed E-state index contributed by atoms with van der Waals surface area (Å²) in [6.07, 6.45) is 0.219. The third kappa shape index (κ3) is 4.94. The zero-order valence-corrected chi connectivity index (χ0v) is 11.7. The lowest BCUT2D eigenvalue weighted by atomic mass is 10.1. The topological polar surface area (TPSA) is 64.3 Å². The maximum absolute atomic E-state index is 11.6. The van der Waals surface area contributed by atoms with E-state index in [0.29, 0.717) is 23.7 Å². The van der Waals surface area contributed by atoms with E-state index in [1.54, 1.807) is 12.1 Å². The molecule has 0 atom stereocenters. The Balaban J connectivity index is 2.69. The minimum atomic E-state index is -0.520. The number of ether oxygens (including phenoxy) is 1. The minimum Gasteiger partial charge on any atom is -0.444 e. The Bertz CT molecular complexity index is 427. The molecule has 100 valence electrons. The lowest BCUT2D eigenvalue weighted by molar-refractivity contribution is 0.0636. The molecule has 5 heteroatoms. The van der Waals surface area contributed by atoms with E-state index in [1.165, 1.54) is 0 Å². The summed E-state index contributed by atoms with van der Waals surface area (Å²) in [6.45, 7) is 5.97. The van der Waals surface area contributed by atoms with Crippen molar-refractivity contribution in [3.8, 4) is 0 Å². The zero-order chi connectivity index (χ0) is 13.8. The summed E-state index contributed by atoms with van der Waals surface area (Å²) < 4.78 is 5.15. The molecule has 1 aromatic rings. The maximum atomic E-state index is 11.6. The number of carbonyl (C=O) groups excluding carboxylic acids is 1. The number of nitrogens with one attached hydrogen (secondary N) is 1. The van der Waals surface area contributed by atoms with Gasteiger partial charge in [-0.05, 0) is 51.4 Å². The van der Waals surface area contributed by atoms with Crippen LogP contribution in [0.2, 0.25) is 5.02 Å². The average molecular weight is 271 g/mol. The van der Waals surface area contributed by atoms with Crippen LogP contribution in [0.1, 0.15) is 26.3 Å². The molecule has 1 rings (SSSR count). The quantitative estimate of drug-likeness (QED) is 0.887. The van der Waals surface area contributed by atoms with E-state index in [4.69, 9.17) is 22.1 Å². The summed E-state index contributed by atoms with van der Waals surface area (Å²) >= 11 is 6.08. The van der Waals surface area contributed by atoms with Gasteiger partial charge < -0.3 is 10.5 Å². The first-order chi connectivity index (χ1) is 8.31. The fourth-order valence-corrected chi connectivity index (χ4v) is 1.68. The fourth-order valence-electron chi connectivity index (χ4n) is 1.40. The van der Waals surface area contributed by atoms with E-state index >= 15 is 0 Å². The first-order valence-corrected chi connectivity index (χ1v) is 6.18. The summed E-state index contributed by atoms with van der Waals surface area (Å²) in [6, 6.07) is 5.32. The van der Waals surface area contributed by atoms with E-state index in [-0.39, 0.29) is 0 Å². The van der Waals surface area contributed by atoms with Crippen LogP contribution in [-0.2, 0) is 11.2 Å². The molecular weight excluding hydrogens is 252 g/mol. The van der Waals surface area contributed by atoms with Crippen LogP contribution in [0.25, 0.3) is 0 Å². The van der Waals surface area contributed by atoms with Gasteiger partial charge in [-0.15, -0.1) is 0 Å². The van der Waals surface area contributed by atoms with Crippen LogP contribution in [0.15, 0.2) is 18.2 Å². The number of nitrogens with two attached hydrogens (primary N) is 1. The molecule has 18 heavy (non-hydrogen) atoms. The second-order valence-electron chi connectivity index (χ2n) is 4.97. The van der Waals surface area contributed by atoms with Crippen molar-refractivity contribution in [1.82, 2.24) is 0 Å². The highest BCUT2D eigenvalue weighted by molar-refractivity contribution is 6.31. The Kier molecular flexibility index (Phi) is 4.99. The zero-order valence-electron chi connectivity index (χ0n) is 10.9. The summed E-state index contributed by atoms with van der Waals surface area (Å²) in [7, 11) is 0. The molecular formula is C13H19ClN2O2. The number of benzene rings is 1. The highest BCUT2D eigenvalue weighted by atomic mass is 35.5. The number of carbonyl (C=O) groups is 1. The Hall–Kier alpha value is -1.26. The Morgan fingerprint density at radius 2 is 2.11 bits per heavy atom. The van der Waals surface area contributed by atoms with Crippen LogP contribution in [0, 0.1) is 0 Å². The largest absolute Gasteiger partial charge is 0.444 e. The fraction of sp³-hybridized carbons (Fsp3) is 0.462. The molecule has 1 aromatic carbocycles.